The van der Waals surface area contributed by atoms with Gasteiger partial charge in [0.05, 0.1) is 5.41 Å². The highest BCUT2D eigenvalue weighted by molar-refractivity contribution is 6.03. The van der Waals surface area contributed by atoms with Crippen molar-refractivity contribution in [3.8, 4) is 0 Å². The fraction of sp³-hybridized carbons (Fsp3) is 0.500. The fourth-order valence-corrected chi connectivity index (χ4v) is 6.04. The monoisotopic (exact) mass is 506 g/mol. The van der Waals surface area contributed by atoms with Crippen molar-refractivity contribution < 1.29 is 13.6 Å². The van der Waals surface area contributed by atoms with Crippen molar-refractivity contribution >= 4 is 11.6 Å². The Morgan fingerprint density at radius 3 is 2.65 bits per heavy atom. The molecule has 2 N–H and O–H groups in total. The number of carbonyl (C=O) groups is 1. The average molecular weight is 507 g/mol. The Bertz CT molecular complexity index is 1370. The van der Waals surface area contributed by atoms with Crippen molar-refractivity contribution in [1.29, 1.82) is 0 Å². The van der Waals surface area contributed by atoms with Gasteiger partial charge >= 0.3 is 0 Å². The first-order chi connectivity index (χ1) is 17.6. The van der Waals surface area contributed by atoms with Gasteiger partial charge < -0.3 is 15.2 Å². The van der Waals surface area contributed by atoms with Crippen molar-refractivity contribution in [2.45, 2.75) is 75.8 Å². The van der Waals surface area contributed by atoms with E-state index in [1.165, 1.54) is 0 Å². The van der Waals surface area contributed by atoms with Crippen LogP contribution in [0.25, 0.3) is 0 Å². The summed E-state index contributed by atoms with van der Waals surface area (Å²) < 4.78 is 31.3. The summed E-state index contributed by atoms with van der Waals surface area (Å²) in [6.07, 6.45) is 5.71. The van der Waals surface area contributed by atoms with Crippen molar-refractivity contribution in [3.05, 3.63) is 70.6 Å². The molecule has 0 bridgehead atoms. The molecule has 2 heterocycles. The molecule has 0 radical (unpaired) electrons. The molecule has 0 atom stereocenters. The van der Waals surface area contributed by atoms with E-state index >= 15 is 0 Å². The Kier molecular flexibility index (Phi) is 5.49. The molecule has 0 unspecified atom stereocenters. The Labute approximate surface area is 215 Å². The summed E-state index contributed by atoms with van der Waals surface area (Å²) in [7, 11) is 1.94. The van der Waals surface area contributed by atoms with Crippen LogP contribution in [0.1, 0.15) is 84.6 Å². The van der Waals surface area contributed by atoms with Crippen LogP contribution >= 0.6 is 0 Å². The number of alkyl halides is 2. The van der Waals surface area contributed by atoms with Crippen molar-refractivity contribution in [3.63, 3.8) is 0 Å². The average Bonchev–Trinajstić information content (AvgIpc) is 3.29. The Balaban J connectivity index is 1.29. The molecule has 7 nitrogen and oxygen atoms in total. The number of benzene rings is 1. The lowest BCUT2D eigenvalue weighted by atomic mass is 9.58. The van der Waals surface area contributed by atoms with Gasteiger partial charge in [0.15, 0.2) is 0 Å². The predicted molar refractivity (Wildman–Crippen MR) is 136 cm³/mol. The summed E-state index contributed by atoms with van der Waals surface area (Å²) in [5.74, 6) is -2.06. The maximum absolute atomic E-state index is 14.7. The van der Waals surface area contributed by atoms with Crippen LogP contribution in [0.5, 0.6) is 0 Å². The fourth-order valence-electron chi connectivity index (χ4n) is 6.04. The minimum atomic E-state index is -3.02. The molecule has 0 saturated heterocycles. The number of halogens is 2. The second-order valence-corrected chi connectivity index (χ2v) is 11.5. The van der Waals surface area contributed by atoms with E-state index < -0.39 is 11.8 Å². The van der Waals surface area contributed by atoms with Gasteiger partial charge in [-0.1, -0.05) is 19.1 Å². The molecule has 2 fully saturated rings. The quantitative estimate of drug-likeness (QED) is 0.478. The van der Waals surface area contributed by atoms with Crippen LogP contribution in [0, 0.1) is 5.92 Å². The molecule has 37 heavy (non-hydrogen) atoms. The summed E-state index contributed by atoms with van der Waals surface area (Å²) in [5, 5.41) is 14.8. The second kappa shape index (κ2) is 8.41. The van der Waals surface area contributed by atoms with Crippen LogP contribution in [-0.2, 0) is 31.4 Å². The number of carbonyl (C=O) groups excluding carboxylic acids is 1. The minimum absolute atomic E-state index is 0.0174. The van der Waals surface area contributed by atoms with Gasteiger partial charge in [0.1, 0.15) is 23.5 Å². The van der Waals surface area contributed by atoms with E-state index in [4.69, 9.17) is 0 Å². The van der Waals surface area contributed by atoms with E-state index in [1.54, 1.807) is 12.4 Å². The number of hydrogen-bond acceptors (Lipinski definition) is 5. The molecule has 3 aromatic rings. The van der Waals surface area contributed by atoms with Gasteiger partial charge in [0.2, 0.25) is 0 Å². The molecule has 1 aromatic carbocycles. The standard InChI is InChI=1S/C28H32F2N6O/c1-17-13-27(14-17,25-35-32-16-36(25)3)19-5-4-6-20(12-19)33-24(37)22-11-18(15-31-26(2)9-10-26)21-7-8-28(29,30)23(21)34-22/h4-6,11-12,16-17,31H,7-10,13-15H2,1-3H3,(H,33,37). The lowest BCUT2D eigenvalue weighted by Crippen LogP contribution is -2.43. The number of pyridine rings is 1. The van der Waals surface area contributed by atoms with E-state index in [9.17, 15) is 13.6 Å². The third-order valence-corrected chi connectivity index (χ3v) is 8.40. The van der Waals surface area contributed by atoms with Crippen LogP contribution in [0.15, 0.2) is 36.7 Å². The highest BCUT2D eigenvalue weighted by atomic mass is 19.3. The molecule has 6 rings (SSSR count). The van der Waals surface area contributed by atoms with Gasteiger partial charge in [-0.05, 0) is 79.8 Å². The lowest BCUT2D eigenvalue weighted by molar-refractivity contribution is -0.00601. The summed E-state index contributed by atoms with van der Waals surface area (Å²) in [6.45, 7) is 4.79. The number of aryl methyl sites for hydroxylation is 1. The topological polar surface area (TPSA) is 84.7 Å². The van der Waals surface area contributed by atoms with Crippen LogP contribution in [0.3, 0.4) is 0 Å². The zero-order valence-electron chi connectivity index (χ0n) is 21.4. The third kappa shape index (κ3) is 4.23. The number of hydrogen-bond donors (Lipinski definition) is 2. The number of anilines is 1. The molecule has 1 amide bonds. The van der Waals surface area contributed by atoms with Crippen LogP contribution in [-0.4, -0.2) is 31.2 Å². The first kappa shape index (κ1) is 24.2. The van der Waals surface area contributed by atoms with Gasteiger partial charge in [0.25, 0.3) is 11.8 Å². The third-order valence-electron chi connectivity index (χ3n) is 8.40. The summed E-state index contributed by atoms with van der Waals surface area (Å²) >= 11 is 0. The van der Waals surface area contributed by atoms with E-state index in [1.807, 2.05) is 35.9 Å². The van der Waals surface area contributed by atoms with Crippen LogP contribution in [0.4, 0.5) is 14.5 Å². The molecular formula is C28H32F2N6O. The highest BCUT2D eigenvalue weighted by Crippen LogP contribution is 2.51. The molecule has 0 aliphatic heterocycles. The number of nitrogens with zero attached hydrogens (tertiary/aromatic N) is 4. The minimum Gasteiger partial charge on any atom is -0.321 e. The van der Waals surface area contributed by atoms with E-state index in [2.05, 4.69) is 39.7 Å². The number of nitrogens with one attached hydrogen (secondary N) is 2. The summed E-state index contributed by atoms with van der Waals surface area (Å²) in [5.41, 5.74) is 2.51. The molecular weight excluding hydrogens is 474 g/mol. The predicted octanol–water partition coefficient (Wildman–Crippen LogP) is 4.86. The molecule has 2 aromatic heterocycles. The van der Waals surface area contributed by atoms with E-state index in [0.717, 1.165) is 42.6 Å². The maximum Gasteiger partial charge on any atom is 0.290 e. The number of rotatable bonds is 7. The number of aromatic nitrogens is 4. The molecule has 3 aliphatic carbocycles. The van der Waals surface area contributed by atoms with Crippen molar-refractivity contribution in [1.82, 2.24) is 25.1 Å². The summed E-state index contributed by atoms with van der Waals surface area (Å²) in [6, 6.07) is 9.39. The Morgan fingerprint density at radius 2 is 1.97 bits per heavy atom. The Morgan fingerprint density at radius 1 is 1.19 bits per heavy atom. The molecule has 0 spiro atoms. The maximum atomic E-state index is 14.7. The normalized spacial score (nSPS) is 24.8. The summed E-state index contributed by atoms with van der Waals surface area (Å²) in [4.78, 5) is 17.5. The largest absolute Gasteiger partial charge is 0.321 e. The lowest BCUT2D eigenvalue weighted by Gasteiger charge is -2.46. The smallest absolute Gasteiger partial charge is 0.290 e. The zero-order chi connectivity index (χ0) is 26.0. The Hall–Kier alpha value is -3.20. The van der Waals surface area contributed by atoms with Gasteiger partial charge in [0, 0.05) is 31.2 Å². The molecule has 3 aliphatic rings. The van der Waals surface area contributed by atoms with Crippen LogP contribution < -0.4 is 10.6 Å². The number of fused-ring (bicyclic) bond motifs is 1. The van der Waals surface area contributed by atoms with Crippen molar-refractivity contribution in [2.75, 3.05) is 5.32 Å². The SMILES string of the molecule is CC1CC(c2cccc(NC(=O)c3cc(CNC4(C)CC4)c4c(n3)C(F)(F)CC4)c2)(c2nncn2C)C1. The van der Waals surface area contributed by atoms with E-state index in [0.29, 0.717) is 23.7 Å². The molecule has 2 saturated carbocycles. The number of amides is 1. The van der Waals surface area contributed by atoms with Gasteiger partial charge in [-0.15, -0.1) is 10.2 Å². The molecule has 9 heteroatoms. The van der Waals surface area contributed by atoms with Crippen LogP contribution in [0.2, 0.25) is 0 Å². The zero-order valence-corrected chi connectivity index (χ0v) is 21.4. The van der Waals surface area contributed by atoms with Gasteiger partial charge in [-0.3, -0.25) is 4.79 Å². The highest BCUT2D eigenvalue weighted by Gasteiger charge is 2.48. The van der Waals surface area contributed by atoms with Gasteiger partial charge in [-0.2, -0.15) is 8.78 Å². The first-order valence-corrected chi connectivity index (χ1v) is 13.0. The second-order valence-electron chi connectivity index (χ2n) is 11.5. The first-order valence-electron chi connectivity index (χ1n) is 13.0. The van der Waals surface area contributed by atoms with Gasteiger partial charge in [-0.25, -0.2) is 4.98 Å². The molecule has 194 valence electrons. The van der Waals surface area contributed by atoms with E-state index in [-0.39, 0.29) is 35.2 Å². The van der Waals surface area contributed by atoms with Crippen molar-refractivity contribution in [2.24, 2.45) is 13.0 Å².